The number of rotatable bonds is 6. The van der Waals surface area contributed by atoms with Gasteiger partial charge in [0.15, 0.2) is 11.5 Å². The monoisotopic (exact) mass is 521 g/mol. The Morgan fingerprint density at radius 2 is 1.87 bits per heavy atom. The van der Waals surface area contributed by atoms with E-state index in [2.05, 4.69) is 20.7 Å². The lowest BCUT2D eigenvalue weighted by Gasteiger charge is -2.22. The van der Waals surface area contributed by atoms with Gasteiger partial charge in [0.25, 0.3) is 11.5 Å². The fourth-order valence-electron chi connectivity index (χ4n) is 4.35. The van der Waals surface area contributed by atoms with Crippen molar-refractivity contribution in [3.63, 3.8) is 0 Å². The van der Waals surface area contributed by atoms with Gasteiger partial charge in [-0.2, -0.15) is 13.2 Å². The van der Waals surface area contributed by atoms with Crippen molar-refractivity contribution in [1.82, 2.24) is 24.5 Å². The number of carbonyl (C=O) groups is 1. The third-order valence-electron chi connectivity index (χ3n) is 6.01. The zero-order valence-corrected chi connectivity index (χ0v) is 20.0. The van der Waals surface area contributed by atoms with Crippen LogP contribution in [0.1, 0.15) is 29.0 Å². The van der Waals surface area contributed by atoms with E-state index in [9.17, 15) is 22.8 Å². The third-order valence-corrected chi connectivity index (χ3v) is 6.01. The van der Waals surface area contributed by atoms with Crippen molar-refractivity contribution in [3.05, 3.63) is 94.7 Å². The largest absolute Gasteiger partial charge is 0.405 e. The summed E-state index contributed by atoms with van der Waals surface area (Å²) in [7, 11) is 0. The molecule has 3 aromatic heterocycles. The van der Waals surface area contributed by atoms with Crippen LogP contribution < -0.4 is 21.9 Å². The number of amides is 1. The molecule has 3 heterocycles. The van der Waals surface area contributed by atoms with Crippen molar-refractivity contribution in [2.75, 3.05) is 17.6 Å². The highest BCUT2D eigenvalue weighted by Crippen LogP contribution is 2.27. The molecule has 4 N–H and O–H groups in total. The number of halogens is 3. The van der Waals surface area contributed by atoms with Crippen LogP contribution >= 0.6 is 0 Å². The highest BCUT2D eigenvalue weighted by Gasteiger charge is 2.28. The lowest BCUT2D eigenvalue weighted by atomic mass is 10.1. The Kier molecular flexibility index (Phi) is 6.23. The first kappa shape index (κ1) is 24.8. The van der Waals surface area contributed by atoms with E-state index in [1.165, 1.54) is 21.3 Å². The zero-order valence-electron chi connectivity index (χ0n) is 20.0. The Balaban J connectivity index is 1.62. The molecule has 0 saturated heterocycles. The van der Waals surface area contributed by atoms with Crippen molar-refractivity contribution >= 4 is 33.8 Å². The molecule has 5 rings (SSSR count). The van der Waals surface area contributed by atoms with E-state index in [1.54, 1.807) is 67.7 Å². The number of hydrogen-bond donors (Lipinski definition) is 3. The smallest absolute Gasteiger partial charge is 0.381 e. The van der Waals surface area contributed by atoms with Gasteiger partial charge >= 0.3 is 6.18 Å². The maximum atomic E-state index is 13.8. The lowest BCUT2D eigenvalue weighted by Crippen LogP contribution is -2.32. The van der Waals surface area contributed by atoms with Crippen LogP contribution in [-0.4, -0.2) is 37.8 Å². The number of fused-ring (bicyclic) bond motifs is 2. The number of pyridine rings is 1. The van der Waals surface area contributed by atoms with Crippen LogP contribution in [0.5, 0.6) is 0 Å². The molecule has 0 aliphatic rings. The number of alkyl halides is 3. The maximum Gasteiger partial charge on any atom is 0.405 e. The molecular formula is C26H22F3N7O2. The number of anilines is 2. The summed E-state index contributed by atoms with van der Waals surface area (Å²) in [4.78, 5) is 31.3. The van der Waals surface area contributed by atoms with E-state index in [1.807, 2.05) is 0 Å². The van der Waals surface area contributed by atoms with Gasteiger partial charge in [0.05, 0.1) is 11.4 Å². The summed E-state index contributed by atoms with van der Waals surface area (Å²) in [6.07, 6.45) is -1.34. The molecular weight excluding hydrogens is 499 g/mol. The van der Waals surface area contributed by atoms with E-state index < -0.39 is 30.2 Å². The van der Waals surface area contributed by atoms with Crippen LogP contribution in [-0.2, 0) is 0 Å². The Labute approximate surface area is 213 Å². The first-order chi connectivity index (χ1) is 18.1. The van der Waals surface area contributed by atoms with Crippen molar-refractivity contribution in [2.45, 2.75) is 19.1 Å². The van der Waals surface area contributed by atoms with Crippen LogP contribution in [0, 0.1) is 0 Å². The SMILES string of the molecule is C[C@H](NC(=O)c1c(N)nn2cccnc12)c1cc2cccc(NCC(F)(F)F)c2c(=O)n1-c1ccccc1. The molecule has 12 heteroatoms. The number of benzene rings is 2. The minimum absolute atomic E-state index is 0.00672. The predicted molar refractivity (Wildman–Crippen MR) is 137 cm³/mol. The van der Waals surface area contributed by atoms with E-state index in [4.69, 9.17) is 5.73 Å². The topological polar surface area (TPSA) is 119 Å². The Bertz CT molecular complexity index is 1710. The first-order valence-electron chi connectivity index (χ1n) is 11.6. The molecule has 2 aromatic carbocycles. The van der Waals surface area contributed by atoms with Gasteiger partial charge in [-0.25, -0.2) is 9.50 Å². The molecule has 0 bridgehead atoms. The Morgan fingerprint density at radius 3 is 2.61 bits per heavy atom. The fourth-order valence-corrected chi connectivity index (χ4v) is 4.35. The second-order valence-corrected chi connectivity index (χ2v) is 8.63. The molecule has 0 aliphatic heterocycles. The normalized spacial score (nSPS) is 12.5. The molecule has 0 aliphatic carbocycles. The van der Waals surface area contributed by atoms with Crippen molar-refractivity contribution in [3.8, 4) is 5.69 Å². The lowest BCUT2D eigenvalue weighted by molar-refractivity contribution is -0.115. The molecule has 0 spiro atoms. The Hall–Kier alpha value is -4.87. The molecule has 38 heavy (non-hydrogen) atoms. The summed E-state index contributed by atoms with van der Waals surface area (Å²) >= 11 is 0. The molecule has 5 aromatic rings. The number of nitrogens with two attached hydrogens (primary N) is 1. The second kappa shape index (κ2) is 9.54. The number of nitrogens with one attached hydrogen (secondary N) is 2. The number of nitrogen functional groups attached to an aromatic ring is 1. The highest BCUT2D eigenvalue weighted by molar-refractivity contribution is 6.04. The van der Waals surface area contributed by atoms with E-state index in [-0.39, 0.29) is 28.1 Å². The van der Waals surface area contributed by atoms with Crippen LogP contribution in [0.15, 0.2) is 77.9 Å². The summed E-state index contributed by atoms with van der Waals surface area (Å²) in [6.45, 7) is 0.402. The fraction of sp³-hybridized carbons (Fsp3) is 0.154. The van der Waals surface area contributed by atoms with Gasteiger partial charge in [-0.3, -0.25) is 14.2 Å². The van der Waals surface area contributed by atoms with Crippen LogP contribution in [0.2, 0.25) is 0 Å². The molecule has 1 atom stereocenters. The van der Waals surface area contributed by atoms with Crippen LogP contribution in [0.3, 0.4) is 0 Å². The number of para-hydroxylation sites is 1. The first-order valence-corrected chi connectivity index (χ1v) is 11.6. The van der Waals surface area contributed by atoms with Crippen LogP contribution in [0.25, 0.3) is 22.1 Å². The minimum Gasteiger partial charge on any atom is -0.381 e. The molecule has 0 saturated carbocycles. The summed E-state index contributed by atoms with van der Waals surface area (Å²) in [6, 6.07) is 15.9. The Morgan fingerprint density at radius 1 is 1.11 bits per heavy atom. The summed E-state index contributed by atoms with van der Waals surface area (Å²) in [5.41, 5.74) is 6.77. The van der Waals surface area contributed by atoms with Gasteiger partial charge in [-0.15, -0.1) is 5.10 Å². The molecule has 0 unspecified atom stereocenters. The molecule has 0 fully saturated rings. The molecule has 9 nitrogen and oxygen atoms in total. The molecule has 0 radical (unpaired) electrons. The molecule has 194 valence electrons. The number of hydrogen-bond acceptors (Lipinski definition) is 6. The number of aromatic nitrogens is 4. The van der Waals surface area contributed by atoms with Gasteiger partial charge in [0, 0.05) is 29.5 Å². The average molecular weight is 522 g/mol. The quantitative estimate of drug-likeness (QED) is 0.310. The number of nitrogens with zero attached hydrogens (tertiary/aromatic N) is 4. The summed E-state index contributed by atoms with van der Waals surface area (Å²) in [5, 5.41) is 9.81. The average Bonchev–Trinajstić information content (AvgIpc) is 3.23. The van der Waals surface area contributed by atoms with Crippen LogP contribution in [0.4, 0.5) is 24.7 Å². The van der Waals surface area contributed by atoms with Crippen molar-refractivity contribution < 1.29 is 18.0 Å². The maximum absolute atomic E-state index is 13.8. The zero-order chi connectivity index (χ0) is 27.0. The van der Waals surface area contributed by atoms with Gasteiger partial charge < -0.3 is 16.4 Å². The van der Waals surface area contributed by atoms with Crippen molar-refractivity contribution in [2.24, 2.45) is 0 Å². The van der Waals surface area contributed by atoms with Gasteiger partial charge in [0.2, 0.25) is 0 Å². The molecule has 1 amide bonds. The van der Waals surface area contributed by atoms with Gasteiger partial charge in [0.1, 0.15) is 12.1 Å². The minimum atomic E-state index is -4.46. The van der Waals surface area contributed by atoms with E-state index in [0.29, 0.717) is 16.8 Å². The predicted octanol–water partition coefficient (Wildman–Crippen LogP) is 4.08. The van der Waals surface area contributed by atoms with E-state index in [0.717, 1.165) is 0 Å². The third kappa shape index (κ3) is 4.63. The van der Waals surface area contributed by atoms with Crippen molar-refractivity contribution in [1.29, 1.82) is 0 Å². The number of carbonyl (C=O) groups excluding carboxylic acids is 1. The summed E-state index contributed by atoms with van der Waals surface area (Å²) < 4.78 is 41.5. The van der Waals surface area contributed by atoms with E-state index >= 15 is 0 Å². The van der Waals surface area contributed by atoms with Gasteiger partial charge in [-0.05, 0) is 42.6 Å². The second-order valence-electron chi connectivity index (χ2n) is 8.63. The highest BCUT2D eigenvalue weighted by atomic mass is 19.4. The van der Waals surface area contributed by atoms with Gasteiger partial charge in [-0.1, -0.05) is 30.3 Å². The summed E-state index contributed by atoms with van der Waals surface area (Å²) in [5.74, 6) is -0.552. The standard InChI is InChI=1S/C26H22F3N7O2/c1-15(33-24(37)21-22(30)34-35-12-6-11-31-23(21)35)19-13-16-7-5-10-18(32-14-26(27,28)29)20(16)25(38)36(19)17-8-3-2-4-9-17/h2-13,15,32H,14H2,1H3,(H2,30,34)(H,33,37)/t15-/m0/s1.